The van der Waals surface area contributed by atoms with Crippen molar-refractivity contribution in [2.45, 2.75) is 32.8 Å². The Balaban J connectivity index is 1.70. The van der Waals surface area contributed by atoms with Gasteiger partial charge in [-0.2, -0.15) is 0 Å². The number of esters is 1. The van der Waals surface area contributed by atoms with Crippen molar-refractivity contribution in [3.05, 3.63) is 45.7 Å². The highest BCUT2D eigenvalue weighted by molar-refractivity contribution is 5.97. The van der Waals surface area contributed by atoms with Gasteiger partial charge in [0.2, 0.25) is 0 Å². The SMILES string of the molecule is Cc1cc(NC(=O)[C@H](C)OC(=O)c2ccc(N3CCCC3)c([N+](=O)[O-])c2)no1. The molecule has 2 heterocycles. The number of nitro groups is 1. The van der Waals surface area contributed by atoms with Crippen LogP contribution in [0.1, 0.15) is 35.9 Å². The maximum absolute atomic E-state index is 12.4. The summed E-state index contributed by atoms with van der Waals surface area (Å²) in [5.41, 5.74) is 0.323. The molecule has 0 spiro atoms. The van der Waals surface area contributed by atoms with Gasteiger partial charge >= 0.3 is 5.97 Å². The summed E-state index contributed by atoms with van der Waals surface area (Å²) < 4.78 is 9.98. The summed E-state index contributed by atoms with van der Waals surface area (Å²) in [6.07, 6.45) is 0.818. The molecule has 1 aliphatic heterocycles. The van der Waals surface area contributed by atoms with Gasteiger partial charge in [-0.05, 0) is 38.8 Å². The van der Waals surface area contributed by atoms with E-state index in [1.807, 2.05) is 4.90 Å². The van der Waals surface area contributed by atoms with Crippen molar-refractivity contribution in [2.24, 2.45) is 0 Å². The maximum atomic E-state index is 12.4. The molecule has 1 aliphatic rings. The first-order chi connectivity index (χ1) is 13.3. The Morgan fingerprint density at radius 2 is 2.04 bits per heavy atom. The Kier molecular flexibility index (Phi) is 5.57. The van der Waals surface area contributed by atoms with Crippen LogP contribution in [0.25, 0.3) is 0 Å². The average Bonchev–Trinajstić information content (AvgIpc) is 3.33. The zero-order chi connectivity index (χ0) is 20.3. The summed E-state index contributed by atoms with van der Waals surface area (Å²) in [4.78, 5) is 37.3. The van der Waals surface area contributed by atoms with Gasteiger partial charge in [0, 0.05) is 25.2 Å². The molecule has 0 bridgehead atoms. The van der Waals surface area contributed by atoms with Crippen LogP contribution in [0.5, 0.6) is 0 Å². The van der Waals surface area contributed by atoms with Crippen molar-refractivity contribution in [3.8, 4) is 0 Å². The molecule has 1 atom stereocenters. The van der Waals surface area contributed by atoms with Gasteiger partial charge in [-0.25, -0.2) is 4.79 Å². The minimum atomic E-state index is -1.12. The number of anilines is 2. The van der Waals surface area contributed by atoms with Gasteiger partial charge in [-0.15, -0.1) is 0 Å². The third-order valence-electron chi connectivity index (χ3n) is 4.39. The highest BCUT2D eigenvalue weighted by Gasteiger charge is 2.26. The molecular weight excluding hydrogens is 368 g/mol. The monoisotopic (exact) mass is 388 g/mol. The number of carbonyl (C=O) groups excluding carboxylic acids is 2. The largest absolute Gasteiger partial charge is 0.449 e. The number of nitrogens with one attached hydrogen (secondary N) is 1. The first-order valence-electron chi connectivity index (χ1n) is 8.83. The van der Waals surface area contributed by atoms with Crippen LogP contribution < -0.4 is 10.2 Å². The van der Waals surface area contributed by atoms with E-state index in [1.54, 1.807) is 13.0 Å². The highest BCUT2D eigenvalue weighted by atomic mass is 16.6. The molecule has 1 aromatic carbocycles. The second-order valence-electron chi connectivity index (χ2n) is 6.51. The van der Waals surface area contributed by atoms with Gasteiger partial charge in [-0.1, -0.05) is 5.16 Å². The van der Waals surface area contributed by atoms with E-state index in [0.717, 1.165) is 25.9 Å². The fourth-order valence-electron chi connectivity index (χ4n) is 2.96. The predicted octanol–water partition coefficient (Wildman–Crippen LogP) is 2.68. The Morgan fingerprint density at radius 3 is 2.64 bits per heavy atom. The molecule has 28 heavy (non-hydrogen) atoms. The number of aromatic nitrogens is 1. The van der Waals surface area contributed by atoms with Crippen LogP contribution in [0.2, 0.25) is 0 Å². The molecule has 2 aromatic rings. The summed E-state index contributed by atoms with van der Waals surface area (Å²) >= 11 is 0. The van der Waals surface area contributed by atoms with Crippen LogP contribution in [-0.4, -0.2) is 41.1 Å². The molecule has 1 saturated heterocycles. The minimum Gasteiger partial charge on any atom is -0.449 e. The standard InChI is InChI=1S/C18H20N4O6/c1-11-9-16(20-28-11)19-17(23)12(2)27-18(24)13-5-6-14(15(10-13)22(25)26)21-7-3-4-8-21/h5-6,9-10,12H,3-4,7-8H2,1-2H3,(H,19,20,23)/t12-/m0/s1. The van der Waals surface area contributed by atoms with Gasteiger partial charge in [-0.3, -0.25) is 14.9 Å². The van der Waals surface area contributed by atoms with Crippen LogP contribution in [-0.2, 0) is 9.53 Å². The number of benzene rings is 1. The molecule has 3 rings (SSSR count). The normalized spacial score (nSPS) is 14.6. The zero-order valence-electron chi connectivity index (χ0n) is 15.5. The first kappa shape index (κ1) is 19.3. The third-order valence-corrected chi connectivity index (χ3v) is 4.39. The number of aryl methyl sites for hydroxylation is 1. The molecule has 10 nitrogen and oxygen atoms in total. The van der Waals surface area contributed by atoms with Crippen molar-refractivity contribution in [1.29, 1.82) is 0 Å². The summed E-state index contributed by atoms with van der Waals surface area (Å²) in [6, 6.07) is 5.71. The fourth-order valence-corrected chi connectivity index (χ4v) is 2.96. The second kappa shape index (κ2) is 8.07. The van der Waals surface area contributed by atoms with Crippen LogP contribution in [0, 0.1) is 17.0 Å². The first-order valence-corrected chi connectivity index (χ1v) is 8.83. The van der Waals surface area contributed by atoms with Crippen LogP contribution in [0.4, 0.5) is 17.2 Å². The molecule has 1 N–H and O–H groups in total. The van der Waals surface area contributed by atoms with Crippen LogP contribution >= 0.6 is 0 Å². The van der Waals surface area contributed by atoms with Crippen molar-refractivity contribution >= 4 is 29.1 Å². The Labute approximate surface area is 160 Å². The molecule has 0 aliphatic carbocycles. The summed E-state index contributed by atoms with van der Waals surface area (Å²) in [6.45, 7) is 4.55. The topological polar surface area (TPSA) is 128 Å². The van der Waals surface area contributed by atoms with E-state index in [4.69, 9.17) is 9.26 Å². The maximum Gasteiger partial charge on any atom is 0.339 e. The lowest BCUT2D eigenvalue weighted by atomic mass is 10.1. The second-order valence-corrected chi connectivity index (χ2v) is 6.51. The van der Waals surface area contributed by atoms with Crippen molar-refractivity contribution in [3.63, 3.8) is 0 Å². The van der Waals surface area contributed by atoms with E-state index in [2.05, 4.69) is 10.5 Å². The average molecular weight is 388 g/mol. The number of hydrogen-bond donors (Lipinski definition) is 1. The Morgan fingerprint density at radius 1 is 1.32 bits per heavy atom. The Bertz CT molecular complexity index is 903. The molecule has 1 amide bonds. The van der Waals surface area contributed by atoms with E-state index in [1.165, 1.54) is 25.1 Å². The molecular formula is C18H20N4O6. The summed E-state index contributed by atoms with van der Waals surface area (Å²) in [5.74, 6) is -0.693. The van der Waals surface area contributed by atoms with E-state index in [9.17, 15) is 19.7 Å². The number of amides is 1. The van der Waals surface area contributed by atoms with Gasteiger partial charge < -0.3 is 19.5 Å². The quantitative estimate of drug-likeness (QED) is 0.454. The summed E-state index contributed by atoms with van der Waals surface area (Å²) in [5, 5.41) is 17.5. The number of nitrogens with zero attached hydrogens (tertiary/aromatic N) is 3. The Hall–Kier alpha value is -3.43. The molecule has 1 fully saturated rings. The molecule has 1 aromatic heterocycles. The van der Waals surface area contributed by atoms with Crippen molar-refractivity contribution in [2.75, 3.05) is 23.3 Å². The number of hydrogen-bond acceptors (Lipinski definition) is 8. The lowest BCUT2D eigenvalue weighted by Gasteiger charge is -2.18. The van der Waals surface area contributed by atoms with Gasteiger partial charge in [0.05, 0.1) is 10.5 Å². The molecule has 148 valence electrons. The number of nitro benzene ring substituents is 1. The molecule has 0 unspecified atom stereocenters. The van der Waals surface area contributed by atoms with Crippen LogP contribution in [0.15, 0.2) is 28.8 Å². The summed E-state index contributed by atoms with van der Waals surface area (Å²) in [7, 11) is 0. The van der Waals surface area contributed by atoms with E-state index in [0.29, 0.717) is 11.4 Å². The zero-order valence-corrected chi connectivity index (χ0v) is 15.5. The minimum absolute atomic E-state index is 0.00609. The molecule has 10 heteroatoms. The molecule has 0 saturated carbocycles. The number of carbonyl (C=O) groups is 2. The third kappa shape index (κ3) is 4.27. The number of ether oxygens (including phenoxy) is 1. The smallest absolute Gasteiger partial charge is 0.339 e. The van der Waals surface area contributed by atoms with Gasteiger partial charge in [0.25, 0.3) is 11.6 Å². The van der Waals surface area contributed by atoms with Gasteiger partial charge in [0.15, 0.2) is 11.9 Å². The molecule has 0 radical (unpaired) electrons. The predicted molar refractivity (Wildman–Crippen MR) is 99.3 cm³/mol. The van der Waals surface area contributed by atoms with Crippen molar-refractivity contribution < 1.29 is 23.8 Å². The highest BCUT2D eigenvalue weighted by Crippen LogP contribution is 2.32. The number of rotatable bonds is 6. The van der Waals surface area contributed by atoms with E-state index in [-0.39, 0.29) is 17.1 Å². The lowest BCUT2D eigenvalue weighted by molar-refractivity contribution is -0.384. The van der Waals surface area contributed by atoms with Gasteiger partial charge in [0.1, 0.15) is 11.4 Å². The van der Waals surface area contributed by atoms with E-state index < -0.39 is 22.9 Å². The lowest BCUT2D eigenvalue weighted by Crippen LogP contribution is -2.30. The van der Waals surface area contributed by atoms with Crippen molar-refractivity contribution in [1.82, 2.24) is 5.16 Å². The van der Waals surface area contributed by atoms with E-state index >= 15 is 0 Å². The fraction of sp³-hybridized carbons (Fsp3) is 0.389. The van der Waals surface area contributed by atoms with Crippen LogP contribution in [0.3, 0.4) is 0 Å².